The van der Waals surface area contributed by atoms with E-state index < -0.39 is 15.8 Å². The number of anilines is 1. The van der Waals surface area contributed by atoms with Gasteiger partial charge in [-0.15, -0.1) is 0 Å². The van der Waals surface area contributed by atoms with Crippen molar-refractivity contribution in [3.05, 3.63) is 58.4 Å². The van der Waals surface area contributed by atoms with Crippen molar-refractivity contribution in [1.82, 2.24) is 0 Å². The Bertz CT molecular complexity index is 805. The zero-order valence-corrected chi connectivity index (χ0v) is 12.6. The summed E-state index contributed by atoms with van der Waals surface area (Å²) in [4.78, 5) is -0.0607. The number of sulfonamides is 1. The molecule has 0 heterocycles. The summed E-state index contributed by atoms with van der Waals surface area (Å²) in [6.45, 7) is 0. The predicted octanol–water partition coefficient (Wildman–Crippen LogP) is 3.77. The Morgan fingerprint density at radius 2 is 1.81 bits per heavy atom. The zero-order chi connectivity index (χ0) is 15.0. The van der Waals surface area contributed by atoms with E-state index in [9.17, 15) is 12.8 Å². The number of halogens is 2. The van der Waals surface area contributed by atoms with Crippen molar-refractivity contribution in [2.45, 2.75) is 24.2 Å². The maximum atomic E-state index is 13.1. The topological polar surface area (TPSA) is 46.2 Å². The zero-order valence-electron chi connectivity index (χ0n) is 11.1. The van der Waals surface area contributed by atoms with E-state index in [-0.39, 0.29) is 9.92 Å². The number of rotatable bonds is 3. The van der Waals surface area contributed by atoms with Crippen LogP contribution in [0.2, 0.25) is 5.02 Å². The summed E-state index contributed by atoms with van der Waals surface area (Å²) in [5.41, 5.74) is 2.95. The highest BCUT2D eigenvalue weighted by Gasteiger charge is 2.17. The van der Waals surface area contributed by atoms with Gasteiger partial charge in [-0.05, 0) is 60.7 Å². The van der Waals surface area contributed by atoms with Crippen LogP contribution in [-0.2, 0) is 22.9 Å². The highest BCUT2D eigenvalue weighted by molar-refractivity contribution is 7.92. The number of nitrogens with one attached hydrogen (secondary N) is 1. The van der Waals surface area contributed by atoms with Crippen LogP contribution in [0, 0.1) is 5.82 Å². The minimum Gasteiger partial charge on any atom is -0.280 e. The molecule has 1 aliphatic rings. The fourth-order valence-electron chi connectivity index (χ4n) is 2.49. The van der Waals surface area contributed by atoms with E-state index in [2.05, 4.69) is 4.72 Å². The molecule has 0 unspecified atom stereocenters. The van der Waals surface area contributed by atoms with Crippen molar-refractivity contribution in [2.75, 3.05) is 4.72 Å². The first-order chi connectivity index (χ1) is 9.95. The molecule has 110 valence electrons. The standard InChI is InChI=1S/C15H13ClFNO2S/c16-14-9-13(6-7-15(14)17)21(19,20)18-12-5-4-10-2-1-3-11(10)8-12/h4-9,18H,1-3H2. The molecule has 6 heteroatoms. The van der Waals surface area contributed by atoms with E-state index in [0.717, 1.165) is 31.4 Å². The summed E-state index contributed by atoms with van der Waals surface area (Å²) in [5, 5.41) is -0.216. The van der Waals surface area contributed by atoms with Crippen LogP contribution in [0.5, 0.6) is 0 Å². The maximum absolute atomic E-state index is 13.1. The fourth-order valence-corrected chi connectivity index (χ4v) is 3.81. The van der Waals surface area contributed by atoms with Gasteiger partial charge in [0.1, 0.15) is 5.82 Å². The van der Waals surface area contributed by atoms with Gasteiger partial charge in [0.25, 0.3) is 10.0 Å². The normalized spacial score (nSPS) is 14.0. The smallest absolute Gasteiger partial charge is 0.261 e. The third-order valence-electron chi connectivity index (χ3n) is 3.55. The summed E-state index contributed by atoms with van der Waals surface area (Å²) >= 11 is 5.63. The number of benzene rings is 2. The van der Waals surface area contributed by atoms with E-state index in [1.165, 1.54) is 17.2 Å². The van der Waals surface area contributed by atoms with Crippen LogP contribution in [0.15, 0.2) is 41.3 Å². The molecule has 3 nitrogen and oxygen atoms in total. The van der Waals surface area contributed by atoms with Crippen molar-refractivity contribution >= 4 is 27.3 Å². The quantitative estimate of drug-likeness (QED) is 0.933. The Morgan fingerprint density at radius 1 is 1.05 bits per heavy atom. The second-order valence-corrected chi connectivity index (χ2v) is 7.11. The predicted molar refractivity (Wildman–Crippen MR) is 80.7 cm³/mol. The number of fused-ring (bicyclic) bond motifs is 1. The largest absolute Gasteiger partial charge is 0.280 e. The summed E-state index contributed by atoms with van der Waals surface area (Å²) in [7, 11) is -3.77. The van der Waals surface area contributed by atoms with Gasteiger partial charge in [-0.3, -0.25) is 4.72 Å². The van der Waals surface area contributed by atoms with Gasteiger partial charge in [-0.2, -0.15) is 0 Å². The van der Waals surface area contributed by atoms with Gasteiger partial charge >= 0.3 is 0 Å². The lowest BCUT2D eigenvalue weighted by Gasteiger charge is -2.10. The maximum Gasteiger partial charge on any atom is 0.261 e. The molecular weight excluding hydrogens is 313 g/mol. The summed E-state index contributed by atoms with van der Waals surface area (Å²) in [6.07, 6.45) is 3.10. The van der Waals surface area contributed by atoms with Gasteiger partial charge in [0.2, 0.25) is 0 Å². The van der Waals surface area contributed by atoms with E-state index in [1.54, 1.807) is 6.07 Å². The Hall–Kier alpha value is -1.59. The molecule has 21 heavy (non-hydrogen) atoms. The van der Waals surface area contributed by atoms with Crippen molar-refractivity contribution in [3.63, 3.8) is 0 Å². The Morgan fingerprint density at radius 3 is 2.57 bits per heavy atom. The molecule has 0 radical (unpaired) electrons. The van der Waals surface area contributed by atoms with Crippen LogP contribution in [0.1, 0.15) is 17.5 Å². The lowest BCUT2D eigenvalue weighted by molar-refractivity contribution is 0.599. The van der Waals surface area contributed by atoms with Crippen molar-refractivity contribution in [2.24, 2.45) is 0 Å². The van der Waals surface area contributed by atoms with Crippen LogP contribution in [0.3, 0.4) is 0 Å². The van der Waals surface area contributed by atoms with E-state index in [4.69, 9.17) is 11.6 Å². The molecule has 1 N–H and O–H groups in total. The summed E-state index contributed by atoms with van der Waals surface area (Å²) < 4.78 is 40.2. The molecule has 0 aliphatic heterocycles. The van der Waals surface area contributed by atoms with E-state index in [0.29, 0.717) is 5.69 Å². The highest BCUT2D eigenvalue weighted by Crippen LogP contribution is 2.27. The molecule has 0 spiro atoms. The first-order valence-corrected chi connectivity index (χ1v) is 8.41. The minimum absolute atomic E-state index is 0.0607. The molecule has 0 bridgehead atoms. The van der Waals surface area contributed by atoms with Crippen LogP contribution in [0.4, 0.5) is 10.1 Å². The van der Waals surface area contributed by atoms with Crippen molar-refractivity contribution in [1.29, 1.82) is 0 Å². The molecule has 2 aromatic carbocycles. The van der Waals surface area contributed by atoms with Crippen LogP contribution in [0.25, 0.3) is 0 Å². The van der Waals surface area contributed by atoms with E-state index in [1.807, 2.05) is 12.1 Å². The summed E-state index contributed by atoms with van der Waals surface area (Å²) in [5.74, 6) is -0.645. The van der Waals surface area contributed by atoms with Gasteiger partial charge in [-0.25, -0.2) is 12.8 Å². The average molecular weight is 326 g/mol. The van der Waals surface area contributed by atoms with Gasteiger partial charge in [-0.1, -0.05) is 17.7 Å². The van der Waals surface area contributed by atoms with Crippen LogP contribution >= 0.6 is 11.6 Å². The van der Waals surface area contributed by atoms with Gasteiger partial charge < -0.3 is 0 Å². The lowest BCUT2D eigenvalue weighted by Crippen LogP contribution is -2.13. The third kappa shape index (κ3) is 2.89. The molecule has 0 saturated heterocycles. The molecule has 0 saturated carbocycles. The lowest BCUT2D eigenvalue weighted by atomic mass is 10.1. The minimum atomic E-state index is -3.77. The Kier molecular flexibility index (Phi) is 3.63. The van der Waals surface area contributed by atoms with Gasteiger partial charge in [0.05, 0.1) is 9.92 Å². The molecule has 0 fully saturated rings. The molecular formula is C15H13ClFNO2S. The molecule has 0 aromatic heterocycles. The number of hydrogen-bond donors (Lipinski definition) is 1. The van der Waals surface area contributed by atoms with Crippen molar-refractivity contribution in [3.8, 4) is 0 Å². The highest BCUT2D eigenvalue weighted by atomic mass is 35.5. The molecule has 3 rings (SSSR count). The van der Waals surface area contributed by atoms with E-state index >= 15 is 0 Å². The molecule has 0 atom stereocenters. The molecule has 1 aliphatic carbocycles. The number of hydrogen-bond acceptors (Lipinski definition) is 2. The SMILES string of the molecule is O=S(=O)(Nc1ccc2c(c1)CCC2)c1ccc(F)c(Cl)c1. The van der Waals surface area contributed by atoms with Crippen LogP contribution < -0.4 is 4.72 Å². The monoisotopic (exact) mass is 325 g/mol. The number of aryl methyl sites for hydroxylation is 2. The first-order valence-electron chi connectivity index (χ1n) is 6.55. The van der Waals surface area contributed by atoms with Crippen molar-refractivity contribution < 1.29 is 12.8 Å². The third-order valence-corrected chi connectivity index (χ3v) is 5.22. The Labute approximate surface area is 127 Å². The molecule has 0 amide bonds. The van der Waals surface area contributed by atoms with Crippen LogP contribution in [-0.4, -0.2) is 8.42 Å². The average Bonchev–Trinajstić information content (AvgIpc) is 2.88. The first kappa shape index (κ1) is 14.4. The van der Waals surface area contributed by atoms with Gasteiger partial charge in [0, 0.05) is 5.69 Å². The van der Waals surface area contributed by atoms with Gasteiger partial charge in [0.15, 0.2) is 0 Å². The summed E-state index contributed by atoms with van der Waals surface area (Å²) in [6, 6.07) is 8.87. The second-order valence-electron chi connectivity index (χ2n) is 5.02. The second kappa shape index (κ2) is 5.31. The molecule has 2 aromatic rings. The Balaban J connectivity index is 1.90. The fraction of sp³-hybridized carbons (Fsp3) is 0.200.